The number of hydrogen-bond donors (Lipinski definition) is 1. The summed E-state index contributed by atoms with van der Waals surface area (Å²) in [6, 6.07) is 8.44. The van der Waals surface area contributed by atoms with Crippen molar-refractivity contribution in [1.29, 1.82) is 0 Å². The molecule has 0 aliphatic rings. The SMILES string of the molecule is Cc1ccc(CCC(O)c2cnn(C)c2)cc1. The second-order valence-corrected chi connectivity index (χ2v) is 4.49. The van der Waals surface area contributed by atoms with Gasteiger partial charge in [0.1, 0.15) is 0 Å². The molecule has 1 aromatic heterocycles. The average molecular weight is 230 g/mol. The van der Waals surface area contributed by atoms with Crippen molar-refractivity contribution in [2.45, 2.75) is 25.9 Å². The van der Waals surface area contributed by atoms with Gasteiger partial charge in [-0.15, -0.1) is 0 Å². The molecule has 0 amide bonds. The Morgan fingerprint density at radius 2 is 2.00 bits per heavy atom. The van der Waals surface area contributed by atoms with E-state index in [2.05, 4.69) is 36.3 Å². The van der Waals surface area contributed by atoms with E-state index >= 15 is 0 Å². The van der Waals surface area contributed by atoms with E-state index in [0.717, 1.165) is 18.4 Å². The Kier molecular flexibility index (Phi) is 3.59. The third kappa shape index (κ3) is 3.17. The molecule has 0 spiro atoms. The number of aliphatic hydroxyl groups excluding tert-OH is 1. The second-order valence-electron chi connectivity index (χ2n) is 4.49. The first-order chi connectivity index (χ1) is 8.15. The van der Waals surface area contributed by atoms with Gasteiger partial charge in [0.05, 0.1) is 12.3 Å². The summed E-state index contributed by atoms with van der Waals surface area (Å²) >= 11 is 0. The fourth-order valence-electron chi connectivity index (χ4n) is 1.84. The van der Waals surface area contributed by atoms with Crippen LogP contribution in [0.5, 0.6) is 0 Å². The van der Waals surface area contributed by atoms with Gasteiger partial charge in [-0.2, -0.15) is 5.10 Å². The number of benzene rings is 1. The lowest BCUT2D eigenvalue weighted by atomic mass is 10.0. The molecule has 1 aromatic carbocycles. The zero-order valence-electron chi connectivity index (χ0n) is 10.3. The van der Waals surface area contributed by atoms with Crippen LogP contribution in [-0.2, 0) is 13.5 Å². The molecule has 17 heavy (non-hydrogen) atoms. The van der Waals surface area contributed by atoms with E-state index in [4.69, 9.17) is 0 Å². The van der Waals surface area contributed by atoms with Crippen molar-refractivity contribution in [2.24, 2.45) is 7.05 Å². The molecule has 1 heterocycles. The molecule has 1 atom stereocenters. The fourth-order valence-corrected chi connectivity index (χ4v) is 1.84. The highest BCUT2D eigenvalue weighted by Gasteiger charge is 2.09. The van der Waals surface area contributed by atoms with Crippen LogP contribution in [0.4, 0.5) is 0 Å². The Labute approximate surface area is 102 Å². The van der Waals surface area contributed by atoms with Gasteiger partial charge in [0.25, 0.3) is 0 Å². The number of hydrogen-bond acceptors (Lipinski definition) is 2. The molecular weight excluding hydrogens is 212 g/mol. The first-order valence-corrected chi connectivity index (χ1v) is 5.87. The summed E-state index contributed by atoms with van der Waals surface area (Å²) in [5, 5.41) is 14.1. The fraction of sp³-hybridized carbons (Fsp3) is 0.357. The molecule has 0 saturated heterocycles. The van der Waals surface area contributed by atoms with Gasteiger partial charge in [-0.25, -0.2) is 0 Å². The van der Waals surface area contributed by atoms with Gasteiger partial charge in [-0.05, 0) is 25.3 Å². The largest absolute Gasteiger partial charge is 0.388 e. The van der Waals surface area contributed by atoms with Gasteiger partial charge in [0.15, 0.2) is 0 Å². The second kappa shape index (κ2) is 5.15. The predicted octanol–water partition coefficient (Wildman–Crippen LogP) is 2.39. The maximum atomic E-state index is 10.00. The molecular formula is C14H18N2O. The third-order valence-electron chi connectivity index (χ3n) is 2.94. The Balaban J connectivity index is 1.92. The third-order valence-corrected chi connectivity index (χ3v) is 2.94. The van der Waals surface area contributed by atoms with E-state index in [1.807, 2.05) is 13.2 Å². The van der Waals surface area contributed by atoms with Crippen LogP contribution in [0.15, 0.2) is 36.7 Å². The van der Waals surface area contributed by atoms with E-state index in [9.17, 15) is 5.11 Å². The van der Waals surface area contributed by atoms with Crippen LogP contribution in [0.25, 0.3) is 0 Å². The molecule has 0 bridgehead atoms. The summed E-state index contributed by atoms with van der Waals surface area (Å²) in [5.74, 6) is 0. The maximum absolute atomic E-state index is 10.00. The average Bonchev–Trinajstić information content (AvgIpc) is 2.75. The van der Waals surface area contributed by atoms with Gasteiger partial charge < -0.3 is 5.11 Å². The van der Waals surface area contributed by atoms with Crippen molar-refractivity contribution in [3.8, 4) is 0 Å². The van der Waals surface area contributed by atoms with Gasteiger partial charge in [-0.1, -0.05) is 29.8 Å². The monoisotopic (exact) mass is 230 g/mol. The number of aryl methyl sites for hydroxylation is 3. The lowest BCUT2D eigenvalue weighted by Crippen LogP contribution is -1.98. The first-order valence-electron chi connectivity index (χ1n) is 5.87. The van der Waals surface area contributed by atoms with Crippen LogP contribution in [0.1, 0.15) is 29.2 Å². The lowest BCUT2D eigenvalue weighted by molar-refractivity contribution is 0.168. The molecule has 0 aliphatic heterocycles. The molecule has 2 rings (SSSR count). The van der Waals surface area contributed by atoms with Crippen molar-refractivity contribution in [1.82, 2.24) is 9.78 Å². The smallest absolute Gasteiger partial charge is 0.0823 e. The Morgan fingerprint density at radius 3 is 2.59 bits per heavy atom. The summed E-state index contributed by atoms with van der Waals surface area (Å²) in [4.78, 5) is 0. The molecule has 0 aliphatic carbocycles. The molecule has 0 radical (unpaired) electrons. The van der Waals surface area contributed by atoms with Crippen molar-refractivity contribution in [3.63, 3.8) is 0 Å². The van der Waals surface area contributed by atoms with Crippen LogP contribution in [0.3, 0.4) is 0 Å². The molecule has 90 valence electrons. The minimum Gasteiger partial charge on any atom is -0.388 e. The Hall–Kier alpha value is -1.61. The minimum absolute atomic E-state index is 0.426. The van der Waals surface area contributed by atoms with Crippen molar-refractivity contribution < 1.29 is 5.11 Å². The molecule has 1 N–H and O–H groups in total. The van der Waals surface area contributed by atoms with Crippen LogP contribution in [0.2, 0.25) is 0 Å². The van der Waals surface area contributed by atoms with Crippen LogP contribution in [-0.4, -0.2) is 14.9 Å². The van der Waals surface area contributed by atoms with Gasteiger partial charge in [0, 0.05) is 18.8 Å². The van der Waals surface area contributed by atoms with E-state index in [1.165, 1.54) is 11.1 Å². The molecule has 3 nitrogen and oxygen atoms in total. The Bertz CT molecular complexity index is 473. The number of rotatable bonds is 4. The van der Waals surface area contributed by atoms with Gasteiger partial charge in [0.2, 0.25) is 0 Å². The predicted molar refractivity (Wildman–Crippen MR) is 67.7 cm³/mol. The highest BCUT2D eigenvalue weighted by Crippen LogP contribution is 2.18. The highest BCUT2D eigenvalue weighted by molar-refractivity contribution is 5.21. The molecule has 3 heteroatoms. The van der Waals surface area contributed by atoms with E-state index in [1.54, 1.807) is 10.9 Å². The van der Waals surface area contributed by atoms with Crippen molar-refractivity contribution >= 4 is 0 Å². The summed E-state index contributed by atoms with van der Waals surface area (Å²) in [6.07, 6.45) is 4.77. The summed E-state index contributed by atoms with van der Waals surface area (Å²) < 4.78 is 1.71. The highest BCUT2D eigenvalue weighted by atomic mass is 16.3. The minimum atomic E-state index is -0.426. The Morgan fingerprint density at radius 1 is 1.29 bits per heavy atom. The summed E-state index contributed by atoms with van der Waals surface area (Å²) in [5.41, 5.74) is 3.42. The maximum Gasteiger partial charge on any atom is 0.0823 e. The molecule has 2 aromatic rings. The zero-order valence-corrected chi connectivity index (χ0v) is 10.3. The standard InChI is InChI=1S/C14H18N2O/c1-11-3-5-12(6-4-11)7-8-14(17)13-9-15-16(2)10-13/h3-6,9-10,14,17H,7-8H2,1-2H3. The normalized spacial score (nSPS) is 12.6. The summed E-state index contributed by atoms with van der Waals surface area (Å²) in [7, 11) is 1.86. The topological polar surface area (TPSA) is 38.1 Å². The zero-order chi connectivity index (χ0) is 12.3. The number of nitrogens with zero attached hydrogens (tertiary/aromatic N) is 2. The quantitative estimate of drug-likeness (QED) is 0.875. The van der Waals surface area contributed by atoms with E-state index < -0.39 is 6.10 Å². The van der Waals surface area contributed by atoms with E-state index in [0.29, 0.717) is 0 Å². The number of aliphatic hydroxyl groups is 1. The van der Waals surface area contributed by atoms with Crippen LogP contribution in [0, 0.1) is 6.92 Å². The van der Waals surface area contributed by atoms with Crippen molar-refractivity contribution in [2.75, 3.05) is 0 Å². The number of aromatic nitrogens is 2. The van der Waals surface area contributed by atoms with Crippen LogP contribution < -0.4 is 0 Å². The summed E-state index contributed by atoms with van der Waals surface area (Å²) in [6.45, 7) is 2.08. The van der Waals surface area contributed by atoms with Gasteiger partial charge in [-0.3, -0.25) is 4.68 Å². The molecule has 0 fully saturated rings. The van der Waals surface area contributed by atoms with E-state index in [-0.39, 0.29) is 0 Å². The molecule has 1 unspecified atom stereocenters. The first kappa shape index (κ1) is 11.9. The lowest BCUT2D eigenvalue weighted by Gasteiger charge is -2.08. The van der Waals surface area contributed by atoms with Crippen molar-refractivity contribution in [3.05, 3.63) is 53.3 Å². The van der Waals surface area contributed by atoms with Gasteiger partial charge >= 0.3 is 0 Å². The molecule has 0 saturated carbocycles. The van der Waals surface area contributed by atoms with Crippen LogP contribution >= 0.6 is 0 Å².